The topological polar surface area (TPSA) is 96.5 Å². The van der Waals surface area contributed by atoms with Gasteiger partial charge in [0.2, 0.25) is 11.8 Å². The van der Waals surface area contributed by atoms with Gasteiger partial charge in [0, 0.05) is 19.4 Å². The number of amides is 1. The molecular weight excluding hydrogens is 226 g/mol. The molecule has 1 N–H and O–H groups in total. The molecular formula is C10H15N3O4. The predicted molar refractivity (Wildman–Crippen MR) is 57.2 cm³/mol. The molecule has 1 amide bonds. The van der Waals surface area contributed by atoms with E-state index >= 15 is 0 Å². The number of hydrogen-bond donors (Lipinski definition) is 1. The average molecular weight is 241 g/mol. The first-order valence-electron chi connectivity index (χ1n) is 5.31. The molecule has 0 bridgehead atoms. The van der Waals surface area contributed by atoms with E-state index in [9.17, 15) is 9.59 Å². The predicted octanol–water partition coefficient (Wildman–Crippen LogP) is 0.244. The van der Waals surface area contributed by atoms with Gasteiger partial charge in [0.25, 0.3) is 0 Å². The lowest BCUT2D eigenvalue weighted by Gasteiger charge is -2.17. The third-order valence-corrected chi connectivity index (χ3v) is 2.18. The van der Waals surface area contributed by atoms with Gasteiger partial charge in [-0.1, -0.05) is 5.16 Å². The zero-order valence-corrected chi connectivity index (χ0v) is 9.84. The molecule has 0 radical (unpaired) electrons. The van der Waals surface area contributed by atoms with Crippen LogP contribution in [0.4, 0.5) is 0 Å². The highest BCUT2D eigenvalue weighted by atomic mass is 16.5. The van der Waals surface area contributed by atoms with Crippen molar-refractivity contribution in [2.45, 2.75) is 26.7 Å². The number of carboxylic acids is 1. The first-order chi connectivity index (χ1) is 8.02. The number of carbonyl (C=O) groups is 2. The minimum Gasteiger partial charge on any atom is -0.480 e. The number of nitrogens with zero attached hydrogens (tertiary/aromatic N) is 3. The van der Waals surface area contributed by atoms with Gasteiger partial charge in [-0.3, -0.25) is 9.59 Å². The van der Waals surface area contributed by atoms with Crippen LogP contribution in [-0.2, 0) is 16.0 Å². The Balaban J connectivity index is 2.44. The summed E-state index contributed by atoms with van der Waals surface area (Å²) in [7, 11) is 0. The monoisotopic (exact) mass is 241 g/mol. The number of likely N-dealkylation sites (N-methyl/N-ethyl adjacent to an activating group) is 1. The molecule has 0 aliphatic heterocycles. The van der Waals surface area contributed by atoms with Crippen LogP contribution >= 0.6 is 0 Å². The molecule has 0 spiro atoms. The molecule has 0 aliphatic rings. The van der Waals surface area contributed by atoms with Gasteiger partial charge in [-0.25, -0.2) is 0 Å². The van der Waals surface area contributed by atoms with Crippen molar-refractivity contribution < 1.29 is 19.2 Å². The highest BCUT2D eigenvalue weighted by Crippen LogP contribution is 2.03. The summed E-state index contributed by atoms with van der Waals surface area (Å²) >= 11 is 0. The van der Waals surface area contributed by atoms with Crippen LogP contribution in [0, 0.1) is 6.92 Å². The summed E-state index contributed by atoms with van der Waals surface area (Å²) in [4.78, 5) is 27.4. The van der Waals surface area contributed by atoms with E-state index in [0.717, 1.165) is 0 Å². The Morgan fingerprint density at radius 3 is 2.65 bits per heavy atom. The van der Waals surface area contributed by atoms with E-state index in [2.05, 4.69) is 10.1 Å². The van der Waals surface area contributed by atoms with Gasteiger partial charge in [0.1, 0.15) is 6.54 Å². The van der Waals surface area contributed by atoms with Crippen LogP contribution in [0.5, 0.6) is 0 Å². The number of aliphatic carboxylic acids is 1. The third kappa shape index (κ3) is 4.21. The molecule has 0 aromatic carbocycles. The van der Waals surface area contributed by atoms with Gasteiger partial charge < -0.3 is 14.5 Å². The fourth-order valence-electron chi connectivity index (χ4n) is 1.35. The van der Waals surface area contributed by atoms with Crippen LogP contribution in [-0.4, -0.2) is 45.1 Å². The third-order valence-electron chi connectivity index (χ3n) is 2.18. The lowest BCUT2D eigenvalue weighted by atomic mass is 10.2. The fourth-order valence-corrected chi connectivity index (χ4v) is 1.35. The summed E-state index contributed by atoms with van der Waals surface area (Å²) in [5.41, 5.74) is 0. The zero-order chi connectivity index (χ0) is 12.8. The van der Waals surface area contributed by atoms with Gasteiger partial charge in [-0.15, -0.1) is 0 Å². The van der Waals surface area contributed by atoms with Gasteiger partial charge in [0.05, 0.1) is 0 Å². The highest BCUT2D eigenvalue weighted by molar-refractivity contribution is 5.81. The van der Waals surface area contributed by atoms with Crippen molar-refractivity contribution in [1.82, 2.24) is 15.0 Å². The summed E-state index contributed by atoms with van der Waals surface area (Å²) in [5.74, 6) is -0.341. The first kappa shape index (κ1) is 13.1. The maximum Gasteiger partial charge on any atom is 0.323 e. The van der Waals surface area contributed by atoms with Gasteiger partial charge in [0.15, 0.2) is 5.82 Å². The molecule has 0 saturated heterocycles. The molecule has 7 heteroatoms. The van der Waals surface area contributed by atoms with Crippen molar-refractivity contribution in [1.29, 1.82) is 0 Å². The Hall–Kier alpha value is -1.92. The van der Waals surface area contributed by atoms with E-state index in [1.165, 1.54) is 4.90 Å². The average Bonchev–Trinajstić information content (AvgIpc) is 2.68. The number of aromatic nitrogens is 2. The van der Waals surface area contributed by atoms with Gasteiger partial charge in [-0.05, 0) is 13.8 Å². The second kappa shape index (κ2) is 5.97. The maximum atomic E-state index is 11.7. The number of carboxylic acid groups (broad SMARTS) is 1. The summed E-state index contributed by atoms with van der Waals surface area (Å²) in [6.45, 7) is 3.52. The molecule has 94 valence electrons. The van der Waals surface area contributed by atoms with Crippen LogP contribution in [0.1, 0.15) is 25.1 Å². The summed E-state index contributed by atoms with van der Waals surface area (Å²) in [5, 5.41) is 12.2. The molecule has 0 atom stereocenters. The molecule has 7 nitrogen and oxygen atoms in total. The van der Waals surface area contributed by atoms with Crippen LogP contribution in [0.3, 0.4) is 0 Å². The van der Waals surface area contributed by atoms with E-state index in [4.69, 9.17) is 9.63 Å². The van der Waals surface area contributed by atoms with Crippen molar-refractivity contribution in [2.75, 3.05) is 13.1 Å². The largest absolute Gasteiger partial charge is 0.480 e. The van der Waals surface area contributed by atoms with Crippen molar-refractivity contribution >= 4 is 11.9 Å². The molecule has 1 rings (SSSR count). The molecule has 0 fully saturated rings. The summed E-state index contributed by atoms with van der Waals surface area (Å²) in [6, 6.07) is 0. The summed E-state index contributed by atoms with van der Waals surface area (Å²) < 4.78 is 4.86. The van der Waals surface area contributed by atoms with E-state index in [1.807, 2.05) is 0 Å². The minimum absolute atomic E-state index is 0.169. The van der Waals surface area contributed by atoms with Gasteiger partial charge in [-0.2, -0.15) is 4.98 Å². The van der Waals surface area contributed by atoms with Crippen LogP contribution in [0.15, 0.2) is 4.52 Å². The molecule has 0 saturated carbocycles. The van der Waals surface area contributed by atoms with Crippen LogP contribution < -0.4 is 0 Å². The van der Waals surface area contributed by atoms with Crippen LogP contribution in [0.25, 0.3) is 0 Å². The molecule has 0 aliphatic carbocycles. The minimum atomic E-state index is -1.02. The van der Waals surface area contributed by atoms with Crippen molar-refractivity contribution in [3.05, 3.63) is 11.7 Å². The van der Waals surface area contributed by atoms with Crippen molar-refractivity contribution in [2.24, 2.45) is 0 Å². The van der Waals surface area contributed by atoms with Crippen LogP contribution in [0.2, 0.25) is 0 Å². The number of hydrogen-bond acceptors (Lipinski definition) is 5. The van der Waals surface area contributed by atoms with E-state index in [0.29, 0.717) is 24.7 Å². The second-order valence-electron chi connectivity index (χ2n) is 3.54. The number of aryl methyl sites for hydroxylation is 2. The zero-order valence-electron chi connectivity index (χ0n) is 9.84. The Morgan fingerprint density at radius 1 is 1.47 bits per heavy atom. The second-order valence-corrected chi connectivity index (χ2v) is 3.54. The lowest BCUT2D eigenvalue weighted by Crippen LogP contribution is -2.35. The first-order valence-corrected chi connectivity index (χ1v) is 5.31. The molecule has 1 heterocycles. The molecule has 1 aromatic heterocycles. The fraction of sp³-hybridized carbons (Fsp3) is 0.600. The summed E-state index contributed by atoms with van der Waals surface area (Å²) in [6.07, 6.45) is 0.499. The quantitative estimate of drug-likeness (QED) is 0.766. The van der Waals surface area contributed by atoms with E-state index in [-0.39, 0.29) is 18.9 Å². The Bertz CT molecular complexity index is 402. The Kier molecular flexibility index (Phi) is 4.62. The lowest BCUT2D eigenvalue weighted by molar-refractivity contribution is -0.144. The molecule has 17 heavy (non-hydrogen) atoms. The van der Waals surface area contributed by atoms with Crippen molar-refractivity contribution in [3.8, 4) is 0 Å². The highest BCUT2D eigenvalue weighted by Gasteiger charge is 2.15. The SMILES string of the molecule is CCN(CC(=O)O)C(=O)CCc1nc(C)no1. The molecule has 0 unspecified atom stereocenters. The van der Waals surface area contributed by atoms with E-state index < -0.39 is 5.97 Å². The molecule has 1 aromatic rings. The Labute approximate surface area is 98.4 Å². The maximum absolute atomic E-state index is 11.7. The van der Waals surface area contributed by atoms with Crippen molar-refractivity contribution in [3.63, 3.8) is 0 Å². The van der Waals surface area contributed by atoms with E-state index in [1.54, 1.807) is 13.8 Å². The normalized spacial score (nSPS) is 10.2. The smallest absolute Gasteiger partial charge is 0.323 e. The Morgan fingerprint density at radius 2 is 2.18 bits per heavy atom. The number of rotatable bonds is 6. The number of carbonyl (C=O) groups excluding carboxylic acids is 1. The standard InChI is InChI=1S/C10H15N3O4/c1-3-13(6-10(15)16)9(14)5-4-8-11-7(2)12-17-8/h3-6H2,1-2H3,(H,15,16). The van der Waals surface area contributed by atoms with Gasteiger partial charge >= 0.3 is 5.97 Å².